The van der Waals surface area contributed by atoms with Gasteiger partial charge in [0.25, 0.3) is 0 Å². The first-order valence-electron chi connectivity index (χ1n) is 15.8. The number of ether oxygens (including phenoxy) is 1. The molecule has 9 nitrogen and oxygen atoms in total. The lowest BCUT2D eigenvalue weighted by Crippen LogP contribution is -2.44. The van der Waals surface area contributed by atoms with Crippen molar-refractivity contribution in [2.24, 2.45) is 0 Å². The van der Waals surface area contributed by atoms with Crippen molar-refractivity contribution in [3.63, 3.8) is 0 Å². The first kappa shape index (κ1) is 34.4. The standard InChI is InChI=1S/C36H36ClF2N7O2S/c1-44(2)18-19-48-31-11-10-25(22-26(31)37)41-35-40-13-12-29(42-35)34-33(43-36(49-34)46-16-14-45(3)15-17-46)24-7-4-6-23(20-24)21-30(47)32-27(38)8-5-9-28(32)39/h4-13,20,22H,14-19,21H2,1-3H3,(H,40,41,42). The number of hydrogen-bond acceptors (Lipinski definition) is 10. The van der Waals surface area contributed by atoms with Gasteiger partial charge in [-0.05, 0) is 69.2 Å². The van der Waals surface area contributed by atoms with E-state index in [1.165, 1.54) is 17.4 Å². The quantitative estimate of drug-likeness (QED) is 0.137. The van der Waals surface area contributed by atoms with Crippen LogP contribution in [0.2, 0.25) is 5.02 Å². The number of nitrogens with one attached hydrogen (secondary N) is 1. The summed E-state index contributed by atoms with van der Waals surface area (Å²) in [5.41, 5.74) is 2.89. The topological polar surface area (TPSA) is 86.7 Å². The van der Waals surface area contributed by atoms with Gasteiger partial charge in [0.1, 0.15) is 24.0 Å². The largest absolute Gasteiger partial charge is 0.491 e. The zero-order chi connectivity index (χ0) is 34.5. The highest BCUT2D eigenvalue weighted by Gasteiger charge is 2.24. The van der Waals surface area contributed by atoms with E-state index in [9.17, 15) is 13.6 Å². The summed E-state index contributed by atoms with van der Waals surface area (Å²) in [5.74, 6) is -1.41. The Morgan fingerprint density at radius 1 is 1.00 bits per heavy atom. The highest BCUT2D eigenvalue weighted by atomic mass is 35.5. The Bertz CT molecular complexity index is 1930. The van der Waals surface area contributed by atoms with Gasteiger partial charge in [0.15, 0.2) is 10.9 Å². The summed E-state index contributed by atoms with van der Waals surface area (Å²) in [6.45, 7) is 4.77. The van der Waals surface area contributed by atoms with Crippen molar-refractivity contribution in [2.45, 2.75) is 6.42 Å². The first-order valence-corrected chi connectivity index (χ1v) is 17.0. The average Bonchev–Trinajstić information content (AvgIpc) is 3.52. The summed E-state index contributed by atoms with van der Waals surface area (Å²) in [6, 6.07) is 18.0. The van der Waals surface area contributed by atoms with Gasteiger partial charge in [0.05, 0.1) is 26.9 Å². The molecule has 0 unspecified atom stereocenters. The van der Waals surface area contributed by atoms with E-state index < -0.39 is 23.0 Å². The molecule has 1 saturated heterocycles. The number of Topliss-reactive ketones (excluding diaryl/α,β-unsaturated/α-hetero) is 1. The Hall–Kier alpha value is -4.49. The second-order valence-electron chi connectivity index (χ2n) is 12.0. The fourth-order valence-electron chi connectivity index (χ4n) is 5.39. The number of thiazole rings is 1. The van der Waals surface area contributed by atoms with Crippen LogP contribution < -0.4 is 15.0 Å². The Labute approximate surface area is 293 Å². The zero-order valence-corrected chi connectivity index (χ0v) is 29.0. The number of likely N-dealkylation sites (N-methyl/N-ethyl adjacent to an activating group) is 2. The molecule has 1 aliphatic heterocycles. The summed E-state index contributed by atoms with van der Waals surface area (Å²) in [7, 11) is 6.06. The molecule has 0 radical (unpaired) electrons. The third kappa shape index (κ3) is 8.39. The third-order valence-electron chi connectivity index (χ3n) is 8.07. The molecule has 2 aromatic heterocycles. The summed E-state index contributed by atoms with van der Waals surface area (Å²) in [5, 5.41) is 4.57. The van der Waals surface area contributed by atoms with Gasteiger partial charge < -0.3 is 24.8 Å². The van der Waals surface area contributed by atoms with Crippen molar-refractivity contribution < 1.29 is 18.3 Å². The van der Waals surface area contributed by atoms with E-state index in [4.69, 9.17) is 26.3 Å². The van der Waals surface area contributed by atoms with E-state index in [0.717, 1.165) is 60.4 Å². The van der Waals surface area contributed by atoms with Crippen LogP contribution in [-0.4, -0.2) is 91.0 Å². The van der Waals surface area contributed by atoms with Crippen molar-refractivity contribution >= 4 is 45.5 Å². The lowest BCUT2D eigenvalue weighted by Gasteiger charge is -2.32. The molecule has 0 spiro atoms. The summed E-state index contributed by atoms with van der Waals surface area (Å²) in [6.07, 6.45) is 1.52. The van der Waals surface area contributed by atoms with Crippen LogP contribution in [0.4, 0.5) is 25.5 Å². The van der Waals surface area contributed by atoms with Gasteiger partial charge in [0, 0.05) is 56.6 Å². The predicted molar refractivity (Wildman–Crippen MR) is 191 cm³/mol. The zero-order valence-electron chi connectivity index (χ0n) is 27.4. The molecule has 1 N–H and O–H groups in total. The minimum Gasteiger partial charge on any atom is -0.491 e. The van der Waals surface area contributed by atoms with Crippen LogP contribution in [0.1, 0.15) is 15.9 Å². The monoisotopic (exact) mass is 703 g/mol. The third-order valence-corrected chi connectivity index (χ3v) is 9.50. The van der Waals surface area contributed by atoms with Gasteiger partial charge >= 0.3 is 0 Å². The van der Waals surface area contributed by atoms with Crippen LogP contribution in [0.3, 0.4) is 0 Å². The Morgan fingerprint density at radius 3 is 2.49 bits per heavy atom. The van der Waals surface area contributed by atoms with E-state index in [2.05, 4.69) is 27.1 Å². The Balaban J connectivity index is 1.29. The van der Waals surface area contributed by atoms with Crippen molar-refractivity contribution in [1.82, 2.24) is 24.8 Å². The molecule has 0 atom stereocenters. The van der Waals surface area contributed by atoms with Gasteiger partial charge in [-0.3, -0.25) is 4.79 Å². The number of halogens is 3. The maximum atomic E-state index is 14.4. The van der Waals surface area contributed by atoms with Crippen molar-refractivity contribution in [3.05, 3.63) is 101 Å². The van der Waals surface area contributed by atoms with E-state index in [1.807, 2.05) is 55.4 Å². The van der Waals surface area contributed by atoms with Crippen molar-refractivity contribution in [3.8, 4) is 27.6 Å². The Morgan fingerprint density at radius 2 is 1.76 bits per heavy atom. The molecule has 1 fully saturated rings. The number of carbonyl (C=O) groups is 1. The second kappa shape index (κ2) is 15.4. The molecule has 1 aliphatic rings. The molecule has 5 aromatic rings. The number of rotatable bonds is 12. The van der Waals surface area contributed by atoms with E-state index in [-0.39, 0.29) is 6.42 Å². The number of anilines is 3. The maximum absolute atomic E-state index is 14.4. The molecule has 0 bridgehead atoms. The molecule has 49 heavy (non-hydrogen) atoms. The predicted octanol–water partition coefficient (Wildman–Crippen LogP) is 7.06. The normalized spacial score (nSPS) is 13.6. The molecular formula is C36H36ClF2N7O2S. The maximum Gasteiger partial charge on any atom is 0.227 e. The minimum absolute atomic E-state index is 0.167. The highest BCUT2D eigenvalue weighted by Crippen LogP contribution is 2.40. The summed E-state index contributed by atoms with van der Waals surface area (Å²) >= 11 is 8.05. The molecule has 6 rings (SSSR count). The second-order valence-corrected chi connectivity index (χ2v) is 13.4. The van der Waals surface area contributed by atoms with Crippen LogP contribution in [0.5, 0.6) is 5.75 Å². The van der Waals surface area contributed by atoms with E-state index in [1.54, 1.807) is 18.3 Å². The molecule has 0 aliphatic carbocycles. The number of benzene rings is 3. The summed E-state index contributed by atoms with van der Waals surface area (Å²) < 4.78 is 34.5. The highest BCUT2D eigenvalue weighted by molar-refractivity contribution is 7.19. The lowest BCUT2D eigenvalue weighted by molar-refractivity contribution is 0.0985. The molecule has 13 heteroatoms. The number of aromatic nitrogens is 3. The number of nitrogens with zero attached hydrogens (tertiary/aromatic N) is 6. The summed E-state index contributed by atoms with van der Waals surface area (Å²) in [4.78, 5) is 34.8. The average molecular weight is 704 g/mol. The first-order chi connectivity index (χ1) is 23.6. The molecule has 3 heterocycles. The van der Waals surface area contributed by atoms with Crippen molar-refractivity contribution in [1.29, 1.82) is 0 Å². The molecule has 0 saturated carbocycles. The fraction of sp³-hybridized carbons (Fsp3) is 0.278. The van der Waals surface area contributed by atoms with Gasteiger partial charge in [0.2, 0.25) is 5.95 Å². The smallest absolute Gasteiger partial charge is 0.227 e. The van der Waals surface area contributed by atoms with Gasteiger partial charge in [-0.1, -0.05) is 47.2 Å². The fourth-order valence-corrected chi connectivity index (χ4v) is 6.73. The van der Waals surface area contributed by atoms with Crippen LogP contribution in [0.25, 0.3) is 21.8 Å². The molecule has 3 aromatic carbocycles. The Kier molecular flexibility index (Phi) is 10.8. The van der Waals surface area contributed by atoms with Crippen molar-refractivity contribution in [2.75, 3.05) is 70.7 Å². The molecule has 254 valence electrons. The van der Waals surface area contributed by atoms with Crippen LogP contribution in [0.15, 0.2) is 72.9 Å². The van der Waals surface area contributed by atoms with E-state index in [0.29, 0.717) is 46.0 Å². The number of carbonyl (C=O) groups excluding carboxylic acids is 1. The molecular weight excluding hydrogens is 668 g/mol. The molecule has 0 amide bonds. The number of hydrogen-bond donors (Lipinski definition) is 1. The SMILES string of the molecule is CN(C)CCOc1ccc(Nc2nccc(-c3sc(N4CCN(C)CC4)nc3-c3cccc(CC(=O)c4c(F)cccc4F)c3)n2)cc1Cl. The van der Waals surface area contributed by atoms with Crippen LogP contribution in [0, 0.1) is 11.6 Å². The number of ketones is 1. The minimum atomic E-state index is -0.875. The van der Waals surface area contributed by atoms with Gasteiger partial charge in [-0.25, -0.2) is 23.7 Å². The van der Waals surface area contributed by atoms with Gasteiger partial charge in [-0.15, -0.1) is 0 Å². The lowest BCUT2D eigenvalue weighted by atomic mass is 9.99. The van der Waals surface area contributed by atoms with E-state index >= 15 is 0 Å². The van der Waals surface area contributed by atoms with Gasteiger partial charge in [-0.2, -0.15) is 0 Å². The van der Waals surface area contributed by atoms with Crippen LogP contribution >= 0.6 is 22.9 Å². The number of piperazine rings is 1. The van der Waals surface area contributed by atoms with Crippen LogP contribution in [-0.2, 0) is 6.42 Å².